The molecule has 128 valence electrons. The molecule has 1 aliphatic carbocycles. The van der Waals surface area contributed by atoms with E-state index in [1.165, 1.54) is 22.4 Å². The Hall–Kier alpha value is -1.58. The number of nitrogens with zero attached hydrogens (tertiary/aromatic N) is 1. The summed E-state index contributed by atoms with van der Waals surface area (Å²) in [6.45, 7) is 3.79. The maximum atomic E-state index is 10.6. The van der Waals surface area contributed by atoms with Crippen LogP contribution in [0.4, 0.5) is 0 Å². The Balaban J connectivity index is 1.41. The SMILES string of the molecule is OC(Cc1ccc2c(c1)CCN(C1=CC=C1)CC2)C1CCOCC1. The fraction of sp³-hybridized carbons (Fsp3) is 0.524. The second-order valence-electron chi connectivity index (χ2n) is 7.26. The molecule has 4 rings (SSSR count). The van der Waals surface area contributed by atoms with Gasteiger partial charge in [0.05, 0.1) is 6.10 Å². The van der Waals surface area contributed by atoms with Crippen molar-refractivity contribution in [3.05, 3.63) is 58.8 Å². The van der Waals surface area contributed by atoms with Crippen LogP contribution in [-0.4, -0.2) is 42.4 Å². The second kappa shape index (κ2) is 7.12. The van der Waals surface area contributed by atoms with Crippen molar-refractivity contribution in [2.45, 2.75) is 38.2 Å². The molecular weight excluding hydrogens is 298 g/mol. The maximum Gasteiger partial charge on any atom is 0.0610 e. The van der Waals surface area contributed by atoms with Gasteiger partial charge in [0.15, 0.2) is 0 Å². The first-order valence-corrected chi connectivity index (χ1v) is 9.29. The summed E-state index contributed by atoms with van der Waals surface area (Å²) in [7, 11) is 0. The van der Waals surface area contributed by atoms with Crippen molar-refractivity contribution < 1.29 is 9.84 Å². The van der Waals surface area contributed by atoms with Gasteiger partial charge in [0.1, 0.15) is 0 Å². The lowest BCUT2D eigenvalue weighted by atomic mass is 9.89. The fourth-order valence-corrected chi connectivity index (χ4v) is 4.07. The number of hydrogen-bond acceptors (Lipinski definition) is 3. The Morgan fingerprint density at radius 3 is 2.58 bits per heavy atom. The van der Waals surface area contributed by atoms with Gasteiger partial charge in [0.25, 0.3) is 0 Å². The van der Waals surface area contributed by atoms with E-state index in [2.05, 4.69) is 41.3 Å². The molecule has 0 aromatic heterocycles. The standard InChI is InChI=1S/C21H27NO2/c23-21(18-8-12-24-13-9-18)15-16-4-5-17-6-10-22(20-2-1-3-20)11-7-19(17)14-16/h1-5,14,18,21,23H,6-13,15H2. The van der Waals surface area contributed by atoms with E-state index in [1.54, 1.807) is 0 Å². The number of ether oxygens (including phenoxy) is 1. The number of aliphatic hydroxyl groups excluding tert-OH is 1. The van der Waals surface area contributed by atoms with Crippen molar-refractivity contribution in [2.24, 2.45) is 5.92 Å². The molecule has 2 heterocycles. The molecule has 3 nitrogen and oxygen atoms in total. The lowest BCUT2D eigenvalue weighted by molar-refractivity contribution is 0.00839. The van der Waals surface area contributed by atoms with Crippen molar-refractivity contribution >= 4 is 0 Å². The van der Waals surface area contributed by atoms with Gasteiger partial charge in [-0.2, -0.15) is 0 Å². The van der Waals surface area contributed by atoms with Gasteiger partial charge in [0.2, 0.25) is 0 Å². The van der Waals surface area contributed by atoms with Crippen LogP contribution in [0.3, 0.4) is 0 Å². The van der Waals surface area contributed by atoms with E-state index in [-0.39, 0.29) is 6.10 Å². The molecule has 1 N–H and O–H groups in total. The van der Waals surface area contributed by atoms with Crippen molar-refractivity contribution in [3.8, 4) is 0 Å². The van der Waals surface area contributed by atoms with Crippen molar-refractivity contribution in [1.29, 1.82) is 0 Å². The number of fused-ring (bicyclic) bond motifs is 1. The molecule has 1 aromatic carbocycles. The third kappa shape index (κ3) is 3.42. The minimum absolute atomic E-state index is 0.237. The molecular formula is C21H27NO2. The zero-order chi connectivity index (χ0) is 16.4. The minimum Gasteiger partial charge on any atom is -0.392 e. The number of benzene rings is 1. The highest BCUT2D eigenvalue weighted by Gasteiger charge is 2.23. The molecule has 1 atom stereocenters. The van der Waals surface area contributed by atoms with Gasteiger partial charge in [-0.3, -0.25) is 0 Å². The van der Waals surface area contributed by atoms with Crippen LogP contribution in [0.5, 0.6) is 0 Å². The molecule has 24 heavy (non-hydrogen) atoms. The normalized spacial score (nSPS) is 22.4. The predicted octanol–water partition coefficient (Wildman–Crippen LogP) is 2.87. The van der Waals surface area contributed by atoms with E-state index in [4.69, 9.17) is 4.74 Å². The van der Waals surface area contributed by atoms with Crippen LogP contribution < -0.4 is 0 Å². The fourth-order valence-electron chi connectivity index (χ4n) is 4.07. The van der Waals surface area contributed by atoms with E-state index in [0.29, 0.717) is 5.92 Å². The average molecular weight is 325 g/mol. The first kappa shape index (κ1) is 15.9. The summed E-state index contributed by atoms with van der Waals surface area (Å²) in [6.07, 6.45) is 11.2. The second-order valence-corrected chi connectivity index (χ2v) is 7.26. The van der Waals surface area contributed by atoms with E-state index in [1.807, 2.05) is 0 Å². The van der Waals surface area contributed by atoms with Crippen LogP contribution >= 0.6 is 0 Å². The highest BCUT2D eigenvalue weighted by atomic mass is 16.5. The largest absolute Gasteiger partial charge is 0.392 e. The van der Waals surface area contributed by atoms with E-state index >= 15 is 0 Å². The molecule has 3 aliphatic rings. The Kier molecular flexibility index (Phi) is 4.72. The third-order valence-corrected chi connectivity index (χ3v) is 5.73. The first-order valence-electron chi connectivity index (χ1n) is 9.29. The molecule has 0 spiro atoms. The van der Waals surface area contributed by atoms with Crippen LogP contribution in [0.25, 0.3) is 0 Å². The summed E-state index contributed by atoms with van der Waals surface area (Å²) in [5, 5.41) is 10.6. The van der Waals surface area contributed by atoms with Crippen LogP contribution in [0.1, 0.15) is 29.5 Å². The van der Waals surface area contributed by atoms with E-state index in [9.17, 15) is 5.11 Å². The summed E-state index contributed by atoms with van der Waals surface area (Å²) in [6, 6.07) is 6.85. The van der Waals surface area contributed by atoms with Gasteiger partial charge in [-0.15, -0.1) is 0 Å². The van der Waals surface area contributed by atoms with Crippen LogP contribution in [-0.2, 0) is 24.0 Å². The summed E-state index contributed by atoms with van der Waals surface area (Å²) < 4.78 is 5.41. The Morgan fingerprint density at radius 2 is 1.88 bits per heavy atom. The van der Waals surface area contributed by atoms with Gasteiger partial charge < -0.3 is 14.7 Å². The van der Waals surface area contributed by atoms with Gasteiger partial charge >= 0.3 is 0 Å². The number of allylic oxidation sites excluding steroid dienone is 3. The van der Waals surface area contributed by atoms with Gasteiger partial charge in [-0.05, 0) is 66.9 Å². The average Bonchev–Trinajstić information content (AvgIpc) is 2.77. The molecule has 1 aromatic rings. The van der Waals surface area contributed by atoms with Crippen LogP contribution in [0, 0.1) is 5.92 Å². The molecule has 2 aliphatic heterocycles. The Morgan fingerprint density at radius 1 is 1.12 bits per heavy atom. The van der Waals surface area contributed by atoms with Gasteiger partial charge in [-0.25, -0.2) is 0 Å². The highest BCUT2D eigenvalue weighted by Crippen LogP contribution is 2.25. The van der Waals surface area contributed by atoms with Gasteiger partial charge in [0, 0.05) is 32.0 Å². The van der Waals surface area contributed by atoms with Crippen molar-refractivity contribution in [2.75, 3.05) is 26.3 Å². The molecule has 3 heteroatoms. The lowest BCUT2D eigenvalue weighted by Crippen LogP contribution is -2.28. The maximum absolute atomic E-state index is 10.6. The first-order chi connectivity index (χ1) is 11.8. The molecule has 1 saturated heterocycles. The number of rotatable bonds is 4. The molecule has 0 radical (unpaired) electrons. The zero-order valence-corrected chi connectivity index (χ0v) is 14.3. The summed E-state index contributed by atoms with van der Waals surface area (Å²) in [5.41, 5.74) is 5.60. The minimum atomic E-state index is -0.237. The highest BCUT2D eigenvalue weighted by molar-refractivity contribution is 5.37. The van der Waals surface area contributed by atoms with Gasteiger partial charge in [-0.1, -0.05) is 24.3 Å². The smallest absolute Gasteiger partial charge is 0.0610 e. The lowest BCUT2D eigenvalue weighted by Gasteiger charge is -2.27. The van der Waals surface area contributed by atoms with E-state index < -0.39 is 0 Å². The summed E-state index contributed by atoms with van der Waals surface area (Å²) >= 11 is 0. The number of hydrogen-bond donors (Lipinski definition) is 1. The third-order valence-electron chi connectivity index (χ3n) is 5.73. The quantitative estimate of drug-likeness (QED) is 0.924. The topological polar surface area (TPSA) is 32.7 Å². The predicted molar refractivity (Wildman–Crippen MR) is 95.9 cm³/mol. The van der Waals surface area contributed by atoms with Crippen molar-refractivity contribution in [1.82, 2.24) is 4.90 Å². The Labute approximate surface area is 144 Å². The van der Waals surface area contributed by atoms with Crippen molar-refractivity contribution in [3.63, 3.8) is 0 Å². The molecule has 0 saturated carbocycles. The summed E-state index contributed by atoms with van der Waals surface area (Å²) in [5.74, 6) is 0.394. The van der Waals surface area contributed by atoms with Crippen LogP contribution in [0.15, 0.2) is 42.1 Å². The molecule has 1 fully saturated rings. The Bertz CT molecular complexity index is 643. The van der Waals surface area contributed by atoms with Crippen LogP contribution in [0.2, 0.25) is 0 Å². The number of aliphatic hydroxyl groups is 1. The van der Waals surface area contributed by atoms with E-state index in [0.717, 1.165) is 58.4 Å². The zero-order valence-electron chi connectivity index (χ0n) is 14.3. The monoisotopic (exact) mass is 325 g/mol. The molecule has 0 bridgehead atoms. The molecule has 1 unspecified atom stereocenters. The summed E-state index contributed by atoms with van der Waals surface area (Å²) in [4.78, 5) is 2.48. The molecule has 0 amide bonds.